The number of aromatic carboxylic acids is 1. The summed E-state index contributed by atoms with van der Waals surface area (Å²) in [4.78, 5) is 40.7. The topological polar surface area (TPSA) is 107 Å². The first-order valence-electron chi connectivity index (χ1n) is 8.87. The molecule has 1 aromatic rings. The number of urea groups is 1. The Labute approximate surface area is 152 Å². The van der Waals surface area contributed by atoms with Crippen molar-refractivity contribution in [3.8, 4) is 0 Å². The van der Waals surface area contributed by atoms with Crippen molar-refractivity contribution >= 4 is 23.6 Å². The van der Waals surface area contributed by atoms with Crippen molar-refractivity contribution in [2.45, 2.75) is 12.8 Å². The van der Waals surface area contributed by atoms with Crippen LogP contribution in [-0.4, -0.2) is 72.1 Å². The minimum atomic E-state index is -0.947. The molecule has 3 amide bonds. The molecule has 2 heterocycles. The van der Waals surface area contributed by atoms with Gasteiger partial charge in [0.15, 0.2) is 0 Å². The summed E-state index contributed by atoms with van der Waals surface area (Å²) < 4.78 is 0. The molecule has 1 aromatic carbocycles. The highest BCUT2D eigenvalue weighted by molar-refractivity contribution is 5.88. The fraction of sp³-hybridized carbons (Fsp3) is 0.500. The molecule has 0 radical (unpaired) electrons. The van der Waals surface area contributed by atoms with Gasteiger partial charge in [-0.1, -0.05) is 6.07 Å². The summed E-state index contributed by atoms with van der Waals surface area (Å²) in [5.41, 5.74) is 6.45. The van der Waals surface area contributed by atoms with Crippen LogP contribution in [-0.2, 0) is 4.79 Å². The number of hydrogen-bond donors (Lipinski definition) is 2. The summed E-state index contributed by atoms with van der Waals surface area (Å²) in [6, 6.07) is 6.38. The number of amides is 3. The SMILES string of the molecule is NC(=O)N1CCC[C@@H](C(=O)N2CCN(c3cccc(C(=O)O)c3)CC2)C1. The Hall–Kier alpha value is -2.77. The molecule has 26 heavy (non-hydrogen) atoms. The van der Waals surface area contributed by atoms with Crippen LogP contribution in [0.5, 0.6) is 0 Å². The van der Waals surface area contributed by atoms with Gasteiger partial charge in [-0.05, 0) is 31.0 Å². The molecule has 8 nitrogen and oxygen atoms in total. The van der Waals surface area contributed by atoms with Gasteiger partial charge in [0.1, 0.15) is 0 Å². The van der Waals surface area contributed by atoms with E-state index in [1.807, 2.05) is 11.0 Å². The van der Waals surface area contributed by atoms with E-state index in [1.165, 1.54) is 0 Å². The average molecular weight is 360 g/mol. The van der Waals surface area contributed by atoms with Crippen molar-refractivity contribution in [1.29, 1.82) is 0 Å². The lowest BCUT2D eigenvalue weighted by molar-refractivity contribution is -0.137. The second-order valence-corrected chi connectivity index (χ2v) is 6.79. The van der Waals surface area contributed by atoms with E-state index in [1.54, 1.807) is 23.1 Å². The zero-order chi connectivity index (χ0) is 18.7. The van der Waals surface area contributed by atoms with Gasteiger partial charge in [-0.15, -0.1) is 0 Å². The Morgan fingerprint density at radius 1 is 1.04 bits per heavy atom. The first-order valence-corrected chi connectivity index (χ1v) is 8.87. The number of carboxylic acid groups (broad SMARTS) is 1. The van der Waals surface area contributed by atoms with Crippen LogP contribution in [0.2, 0.25) is 0 Å². The standard InChI is InChI=1S/C18H24N4O4/c19-18(26)22-6-2-4-14(12-22)16(23)21-9-7-20(8-10-21)15-5-1-3-13(11-15)17(24)25/h1,3,5,11,14H,2,4,6-10,12H2,(H2,19,26)(H,24,25)/t14-/m1/s1. The summed E-state index contributed by atoms with van der Waals surface area (Å²) in [5.74, 6) is -1.05. The largest absolute Gasteiger partial charge is 0.478 e. The second-order valence-electron chi connectivity index (χ2n) is 6.79. The molecule has 2 aliphatic heterocycles. The molecule has 1 atom stereocenters. The van der Waals surface area contributed by atoms with E-state index in [9.17, 15) is 14.4 Å². The maximum atomic E-state index is 12.8. The minimum absolute atomic E-state index is 0.0786. The van der Waals surface area contributed by atoms with Gasteiger partial charge in [0, 0.05) is 45.0 Å². The summed E-state index contributed by atoms with van der Waals surface area (Å²) >= 11 is 0. The van der Waals surface area contributed by atoms with Crippen molar-refractivity contribution in [3.63, 3.8) is 0 Å². The quantitative estimate of drug-likeness (QED) is 0.830. The fourth-order valence-electron chi connectivity index (χ4n) is 3.66. The van der Waals surface area contributed by atoms with E-state index in [2.05, 4.69) is 4.90 Å². The van der Waals surface area contributed by atoms with Gasteiger partial charge < -0.3 is 25.5 Å². The van der Waals surface area contributed by atoms with Crippen LogP contribution >= 0.6 is 0 Å². The van der Waals surface area contributed by atoms with Crippen LogP contribution in [0, 0.1) is 5.92 Å². The van der Waals surface area contributed by atoms with Gasteiger partial charge in [0.05, 0.1) is 11.5 Å². The molecule has 140 valence electrons. The third kappa shape index (κ3) is 3.89. The van der Waals surface area contributed by atoms with Gasteiger partial charge in [-0.3, -0.25) is 4.79 Å². The molecule has 0 unspecified atom stereocenters. The van der Waals surface area contributed by atoms with Crippen LogP contribution in [0.15, 0.2) is 24.3 Å². The number of primary amides is 1. The van der Waals surface area contributed by atoms with Crippen LogP contribution in [0.1, 0.15) is 23.2 Å². The van der Waals surface area contributed by atoms with Gasteiger partial charge in [0.25, 0.3) is 0 Å². The van der Waals surface area contributed by atoms with E-state index >= 15 is 0 Å². The zero-order valence-electron chi connectivity index (χ0n) is 14.6. The maximum Gasteiger partial charge on any atom is 0.335 e. The zero-order valence-corrected chi connectivity index (χ0v) is 14.6. The van der Waals surface area contributed by atoms with Crippen molar-refractivity contribution in [1.82, 2.24) is 9.80 Å². The third-order valence-electron chi connectivity index (χ3n) is 5.13. The molecule has 0 saturated carbocycles. The lowest BCUT2D eigenvalue weighted by Gasteiger charge is -2.39. The molecule has 0 bridgehead atoms. The number of likely N-dealkylation sites (tertiary alicyclic amines) is 1. The summed E-state index contributed by atoms with van der Waals surface area (Å²) in [5, 5.41) is 9.12. The predicted molar refractivity (Wildman–Crippen MR) is 96.1 cm³/mol. The van der Waals surface area contributed by atoms with Gasteiger partial charge in [-0.25, -0.2) is 9.59 Å². The van der Waals surface area contributed by atoms with E-state index in [-0.39, 0.29) is 17.4 Å². The first kappa shape index (κ1) is 18.0. The summed E-state index contributed by atoms with van der Waals surface area (Å²) in [7, 11) is 0. The number of nitrogens with zero attached hydrogens (tertiary/aromatic N) is 3. The number of hydrogen-bond acceptors (Lipinski definition) is 4. The predicted octanol–water partition coefficient (Wildman–Crippen LogP) is 0.824. The van der Waals surface area contributed by atoms with Crippen molar-refractivity contribution in [2.24, 2.45) is 11.7 Å². The van der Waals surface area contributed by atoms with Crippen LogP contribution in [0.3, 0.4) is 0 Å². The molecule has 2 saturated heterocycles. The number of piperazine rings is 1. The molecule has 0 aliphatic carbocycles. The highest BCUT2D eigenvalue weighted by Crippen LogP contribution is 2.22. The molecule has 3 rings (SSSR count). The number of carbonyl (C=O) groups is 3. The normalized spacial score (nSPS) is 20.8. The van der Waals surface area contributed by atoms with E-state index in [4.69, 9.17) is 10.8 Å². The summed E-state index contributed by atoms with van der Waals surface area (Å²) in [6.07, 6.45) is 1.57. The fourth-order valence-corrected chi connectivity index (χ4v) is 3.66. The highest BCUT2D eigenvalue weighted by atomic mass is 16.4. The maximum absolute atomic E-state index is 12.8. The van der Waals surface area contributed by atoms with Crippen LogP contribution < -0.4 is 10.6 Å². The van der Waals surface area contributed by atoms with E-state index in [0.29, 0.717) is 39.3 Å². The Morgan fingerprint density at radius 2 is 1.77 bits per heavy atom. The first-order chi connectivity index (χ1) is 12.5. The lowest BCUT2D eigenvalue weighted by atomic mass is 9.96. The van der Waals surface area contributed by atoms with Gasteiger partial charge >= 0.3 is 12.0 Å². The number of rotatable bonds is 3. The number of carbonyl (C=O) groups excluding carboxylic acids is 2. The number of piperidine rings is 1. The third-order valence-corrected chi connectivity index (χ3v) is 5.13. The van der Waals surface area contributed by atoms with Crippen molar-refractivity contribution < 1.29 is 19.5 Å². The van der Waals surface area contributed by atoms with Crippen LogP contribution in [0.4, 0.5) is 10.5 Å². The molecule has 0 aromatic heterocycles. The lowest BCUT2D eigenvalue weighted by Crippen LogP contribution is -2.53. The number of benzene rings is 1. The minimum Gasteiger partial charge on any atom is -0.478 e. The number of nitrogens with two attached hydrogens (primary N) is 1. The molecule has 2 aliphatic rings. The Balaban J connectivity index is 1.58. The molecular formula is C18H24N4O4. The van der Waals surface area contributed by atoms with Crippen LogP contribution in [0.25, 0.3) is 0 Å². The van der Waals surface area contributed by atoms with E-state index < -0.39 is 12.0 Å². The molecular weight excluding hydrogens is 336 g/mol. The van der Waals surface area contributed by atoms with Gasteiger partial charge in [0.2, 0.25) is 5.91 Å². The monoisotopic (exact) mass is 360 g/mol. The Kier molecular flexibility index (Phi) is 5.29. The smallest absolute Gasteiger partial charge is 0.335 e. The molecule has 2 fully saturated rings. The average Bonchev–Trinajstić information content (AvgIpc) is 2.67. The molecule has 0 spiro atoms. The molecule has 3 N–H and O–H groups in total. The number of carboxylic acids is 1. The summed E-state index contributed by atoms with van der Waals surface area (Å²) in [6.45, 7) is 3.50. The van der Waals surface area contributed by atoms with Gasteiger partial charge in [-0.2, -0.15) is 0 Å². The number of anilines is 1. The highest BCUT2D eigenvalue weighted by Gasteiger charge is 2.32. The Bertz CT molecular complexity index is 700. The van der Waals surface area contributed by atoms with Crippen molar-refractivity contribution in [2.75, 3.05) is 44.2 Å². The van der Waals surface area contributed by atoms with E-state index in [0.717, 1.165) is 18.5 Å². The second kappa shape index (κ2) is 7.63. The molecule has 8 heteroatoms. The Morgan fingerprint density at radius 3 is 2.42 bits per heavy atom. The van der Waals surface area contributed by atoms with Crippen molar-refractivity contribution in [3.05, 3.63) is 29.8 Å².